The summed E-state index contributed by atoms with van der Waals surface area (Å²) < 4.78 is 67.8. The third kappa shape index (κ3) is 56.9. The molecule has 0 heterocycles. The Hall–Kier alpha value is -1.94. The van der Waals surface area contributed by atoms with E-state index in [2.05, 4.69) is 41.5 Å². The molecule has 0 saturated heterocycles. The standard InChI is InChI=1S/C62H120O17P2/c1-7-9-11-13-15-17-18-19-22-26-33-39-45-60(65)73-50-57(78-61(66)46-40-34-27-23-20-21-24-30-36-42-54(3)4)52-76-80(68,69)74-48-56(63)49-75-81(70,71)77-53-58(51-72-59(64)44-38-32-25-16-14-12-10-8-2)79-62(67)47-41-35-29-28-31-37-43-55(5)6/h54-58,63H,7-53H2,1-6H3,(H,68,69)(H,70,71)/t56-,57-,58-/m1/s1. The summed E-state index contributed by atoms with van der Waals surface area (Å²) in [5, 5.41) is 10.5. The number of carbonyl (C=O) groups is 4. The molecule has 2 unspecified atom stereocenters. The van der Waals surface area contributed by atoms with E-state index in [-0.39, 0.29) is 25.7 Å². The maximum Gasteiger partial charge on any atom is 0.472 e. The van der Waals surface area contributed by atoms with Gasteiger partial charge >= 0.3 is 39.5 Å². The molecule has 0 rings (SSSR count). The molecule has 0 aliphatic carbocycles. The summed E-state index contributed by atoms with van der Waals surface area (Å²) in [4.78, 5) is 72.0. The van der Waals surface area contributed by atoms with Gasteiger partial charge in [0.2, 0.25) is 0 Å². The number of hydrogen-bond acceptors (Lipinski definition) is 15. The molecule has 5 atom stereocenters. The second-order valence-corrected chi connectivity index (χ2v) is 26.3. The number of aliphatic hydroxyl groups excluding tert-OH is 1. The van der Waals surface area contributed by atoms with Crippen LogP contribution in [-0.2, 0) is 65.4 Å². The van der Waals surface area contributed by atoms with Gasteiger partial charge in [0.15, 0.2) is 12.2 Å². The highest BCUT2D eigenvalue weighted by molar-refractivity contribution is 7.47. The maximum absolute atomic E-state index is 13.0. The van der Waals surface area contributed by atoms with Gasteiger partial charge in [-0.2, -0.15) is 0 Å². The number of esters is 4. The Morgan fingerprint density at radius 3 is 0.840 bits per heavy atom. The van der Waals surface area contributed by atoms with Crippen LogP contribution >= 0.6 is 15.6 Å². The average Bonchev–Trinajstić information content (AvgIpc) is 3.42. The summed E-state index contributed by atoms with van der Waals surface area (Å²) in [5.41, 5.74) is 0. The fraction of sp³-hybridized carbons (Fsp3) is 0.935. The summed E-state index contributed by atoms with van der Waals surface area (Å²) in [7, 11) is -9.88. The van der Waals surface area contributed by atoms with Gasteiger partial charge in [0.05, 0.1) is 26.4 Å². The molecular formula is C62H120O17P2. The lowest BCUT2D eigenvalue weighted by Crippen LogP contribution is -2.30. The van der Waals surface area contributed by atoms with Crippen molar-refractivity contribution >= 4 is 39.5 Å². The quantitative estimate of drug-likeness (QED) is 0.0222. The van der Waals surface area contributed by atoms with Crippen molar-refractivity contribution in [2.45, 2.75) is 323 Å². The Bertz CT molecular complexity index is 1600. The number of carbonyl (C=O) groups excluding carboxylic acids is 4. The molecule has 0 bridgehead atoms. The van der Waals surface area contributed by atoms with Gasteiger partial charge in [-0.3, -0.25) is 37.3 Å². The van der Waals surface area contributed by atoms with Crippen LogP contribution in [0.15, 0.2) is 0 Å². The van der Waals surface area contributed by atoms with E-state index in [9.17, 15) is 43.2 Å². The van der Waals surface area contributed by atoms with Crippen molar-refractivity contribution in [2.75, 3.05) is 39.6 Å². The fourth-order valence-electron chi connectivity index (χ4n) is 9.18. The maximum atomic E-state index is 13.0. The minimum Gasteiger partial charge on any atom is -0.462 e. The van der Waals surface area contributed by atoms with Crippen molar-refractivity contribution in [3.63, 3.8) is 0 Å². The number of phosphoric ester groups is 2. The van der Waals surface area contributed by atoms with Crippen LogP contribution in [0.2, 0.25) is 0 Å². The summed E-state index contributed by atoms with van der Waals surface area (Å²) in [6.07, 6.45) is 36.4. The molecule has 17 nitrogen and oxygen atoms in total. The molecule has 480 valence electrons. The molecule has 0 aromatic rings. The third-order valence-electron chi connectivity index (χ3n) is 14.2. The highest BCUT2D eigenvalue weighted by atomic mass is 31.2. The highest BCUT2D eigenvalue weighted by Gasteiger charge is 2.30. The Morgan fingerprint density at radius 1 is 0.333 bits per heavy atom. The van der Waals surface area contributed by atoms with Gasteiger partial charge in [0.25, 0.3) is 0 Å². The van der Waals surface area contributed by atoms with Crippen molar-refractivity contribution in [2.24, 2.45) is 11.8 Å². The van der Waals surface area contributed by atoms with Crippen molar-refractivity contribution in [3.8, 4) is 0 Å². The molecule has 0 fully saturated rings. The van der Waals surface area contributed by atoms with Gasteiger partial charge in [-0.25, -0.2) is 9.13 Å². The second-order valence-electron chi connectivity index (χ2n) is 23.4. The second kappa shape index (κ2) is 54.7. The molecule has 0 amide bonds. The minimum absolute atomic E-state index is 0.102. The SMILES string of the molecule is CCCCCCCCCCCCCCC(=O)OC[C@H](COP(=O)(O)OC[C@@H](O)COP(=O)(O)OC[C@@H](COC(=O)CCCCCCCCCC)OC(=O)CCCCCCCCC(C)C)OC(=O)CCCCCCCCCCCC(C)C. The van der Waals surface area contributed by atoms with Crippen molar-refractivity contribution in [3.05, 3.63) is 0 Å². The Morgan fingerprint density at radius 2 is 0.568 bits per heavy atom. The van der Waals surface area contributed by atoms with Gasteiger partial charge in [-0.1, -0.05) is 253 Å². The largest absolute Gasteiger partial charge is 0.472 e. The summed E-state index contributed by atoms with van der Waals surface area (Å²) in [6.45, 7) is 9.34. The van der Waals surface area contributed by atoms with Crippen LogP contribution in [0, 0.1) is 11.8 Å². The lowest BCUT2D eigenvalue weighted by Gasteiger charge is -2.21. The Kier molecular flexibility index (Phi) is 53.4. The number of ether oxygens (including phenoxy) is 4. The van der Waals surface area contributed by atoms with Crippen LogP contribution in [0.3, 0.4) is 0 Å². The molecule has 3 N–H and O–H groups in total. The van der Waals surface area contributed by atoms with Crippen LogP contribution in [-0.4, -0.2) is 96.7 Å². The zero-order chi connectivity index (χ0) is 60.1. The van der Waals surface area contributed by atoms with E-state index < -0.39 is 97.5 Å². The number of phosphoric acid groups is 2. The van der Waals surface area contributed by atoms with Crippen LogP contribution < -0.4 is 0 Å². The van der Waals surface area contributed by atoms with Gasteiger partial charge in [0.1, 0.15) is 19.3 Å². The van der Waals surface area contributed by atoms with Crippen molar-refractivity contribution < 1.29 is 80.2 Å². The highest BCUT2D eigenvalue weighted by Crippen LogP contribution is 2.45. The zero-order valence-corrected chi connectivity index (χ0v) is 53.9. The summed E-state index contributed by atoms with van der Waals surface area (Å²) in [5.74, 6) is -0.736. The summed E-state index contributed by atoms with van der Waals surface area (Å²) >= 11 is 0. The van der Waals surface area contributed by atoms with Gasteiger partial charge in [0, 0.05) is 25.7 Å². The van der Waals surface area contributed by atoms with E-state index >= 15 is 0 Å². The molecular weight excluding hydrogens is 1080 g/mol. The molecule has 0 aromatic heterocycles. The number of rotatable bonds is 61. The molecule has 0 spiro atoms. The molecule has 0 radical (unpaired) electrons. The van der Waals surface area contributed by atoms with Crippen LogP contribution in [0.4, 0.5) is 0 Å². The first-order chi connectivity index (χ1) is 38.9. The fourth-order valence-corrected chi connectivity index (χ4v) is 10.8. The molecule has 0 saturated carbocycles. The van der Waals surface area contributed by atoms with Crippen molar-refractivity contribution in [1.29, 1.82) is 0 Å². The predicted octanol–water partition coefficient (Wildman–Crippen LogP) is 16.9. The third-order valence-corrected chi connectivity index (χ3v) is 16.1. The smallest absolute Gasteiger partial charge is 0.462 e. The Labute approximate surface area is 492 Å². The monoisotopic (exact) mass is 1200 g/mol. The molecule has 0 aliphatic rings. The van der Waals surface area contributed by atoms with Gasteiger partial charge in [-0.05, 0) is 37.5 Å². The molecule has 0 aromatic carbocycles. The summed E-state index contributed by atoms with van der Waals surface area (Å²) in [6, 6.07) is 0. The number of hydrogen-bond donors (Lipinski definition) is 3. The first-order valence-electron chi connectivity index (χ1n) is 32.5. The molecule has 81 heavy (non-hydrogen) atoms. The molecule has 19 heteroatoms. The zero-order valence-electron chi connectivity index (χ0n) is 52.1. The van der Waals surface area contributed by atoms with Gasteiger partial charge in [-0.15, -0.1) is 0 Å². The van der Waals surface area contributed by atoms with E-state index in [4.69, 9.17) is 37.0 Å². The first-order valence-corrected chi connectivity index (χ1v) is 35.5. The Balaban J connectivity index is 5.23. The van der Waals surface area contributed by atoms with E-state index in [0.717, 1.165) is 102 Å². The van der Waals surface area contributed by atoms with Crippen molar-refractivity contribution in [1.82, 2.24) is 0 Å². The predicted molar refractivity (Wildman–Crippen MR) is 321 cm³/mol. The average molecular weight is 1200 g/mol. The van der Waals surface area contributed by atoms with E-state index in [0.29, 0.717) is 31.6 Å². The molecule has 0 aliphatic heterocycles. The van der Waals surface area contributed by atoms with Crippen LogP contribution in [0.25, 0.3) is 0 Å². The van der Waals surface area contributed by atoms with Crippen LogP contribution in [0.5, 0.6) is 0 Å². The number of unbranched alkanes of at least 4 members (excludes halogenated alkanes) is 31. The lowest BCUT2D eigenvalue weighted by atomic mass is 10.0. The van der Waals surface area contributed by atoms with Crippen LogP contribution in [0.1, 0.15) is 305 Å². The normalized spacial score (nSPS) is 14.4. The topological polar surface area (TPSA) is 237 Å². The number of aliphatic hydroxyl groups is 1. The first kappa shape index (κ1) is 79.1. The van der Waals surface area contributed by atoms with Gasteiger partial charge < -0.3 is 33.8 Å². The van der Waals surface area contributed by atoms with E-state index in [1.54, 1.807) is 0 Å². The van der Waals surface area contributed by atoms with E-state index in [1.807, 2.05) is 0 Å². The lowest BCUT2D eigenvalue weighted by molar-refractivity contribution is -0.161. The minimum atomic E-state index is -4.94. The van der Waals surface area contributed by atoms with E-state index in [1.165, 1.54) is 116 Å².